The van der Waals surface area contributed by atoms with Crippen LogP contribution in [0.2, 0.25) is 0 Å². The number of anilines is 1. The van der Waals surface area contributed by atoms with Gasteiger partial charge in [0.1, 0.15) is 6.33 Å². The molecule has 1 aliphatic rings. The minimum Gasteiger partial charge on any atom is -0.399 e. The first-order valence-corrected chi connectivity index (χ1v) is 6.21. The average Bonchev–Trinajstić information content (AvgIpc) is 2.88. The van der Waals surface area contributed by atoms with E-state index in [0.29, 0.717) is 25.2 Å². The topological polar surface area (TPSA) is 77.0 Å². The highest BCUT2D eigenvalue weighted by atomic mass is 16.2. The van der Waals surface area contributed by atoms with Crippen LogP contribution in [0.5, 0.6) is 0 Å². The standard InChI is InChI=1S/C13H15N5O/c14-11-3-1-10(2-4-11)7-13(19)17-5-6-18-9-15-16-12(18)8-17/h1-4,9H,5-8,14H2. The van der Waals surface area contributed by atoms with E-state index in [0.717, 1.165) is 17.9 Å². The summed E-state index contributed by atoms with van der Waals surface area (Å²) in [4.78, 5) is 14.0. The largest absolute Gasteiger partial charge is 0.399 e. The number of amides is 1. The van der Waals surface area contributed by atoms with Crippen LogP contribution in [0.3, 0.4) is 0 Å². The molecule has 1 aliphatic heterocycles. The van der Waals surface area contributed by atoms with E-state index < -0.39 is 0 Å². The fourth-order valence-electron chi connectivity index (χ4n) is 2.20. The Morgan fingerprint density at radius 3 is 2.84 bits per heavy atom. The van der Waals surface area contributed by atoms with Gasteiger partial charge in [0, 0.05) is 18.8 Å². The van der Waals surface area contributed by atoms with E-state index in [1.54, 1.807) is 6.33 Å². The van der Waals surface area contributed by atoms with Crippen LogP contribution in [0.15, 0.2) is 30.6 Å². The van der Waals surface area contributed by atoms with E-state index in [2.05, 4.69) is 10.2 Å². The molecule has 0 atom stereocenters. The molecule has 6 heteroatoms. The van der Waals surface area contributed by atoms with E-state index in [1.807, 2.05) is 33.7 Å². The van der Waals surface area contributed by atoms with Gasteiger partial charge < -0.3 is 15.2 Å². The van der Waals surface area contributed by atoms with Crippen molar-refractivity contribution in [3.63, 3.8) is 0 Å². The van der Waals surface area contributed by atoms with Gasteiger partial charge in [-0.15, -0.1) is 10.2 Å². The van der Waals surface area contributed by atoms with Crippen molar-refractivity contribution < 1.29 is 4.79 Å². The van der Waals surface area contributed by atoms with Crippen molar-refractivity contribution >= 4 is 11.6 Å². The number of carbonyl (C=O) groups excluding carboxylic acids is 1. The third-order valence-corrected chi connectivity index (χ3v) is 3.33. The summed E-state index contributed by atoms with van der Waals surface area (Å²) in [6.45, 7) is 2.00. The number of nitrogens with zero attached hydrogens (tertiary/aromatic N) is 4. The van der Waals surface area contributed by atoms with Gasteiger partial charge in [-0.05, 0) is 17.7 Å². The molecule has 19 heavy (non-hydrogen) atoms. The quantitative estimate of drug-likeness (QED) is 0.792. The van der Waals surface area contributed by atoms with Crippen molar-refractivity contribution in [1.82, 2.24) is 19.7 Å². The summed E-state index contributed by atoms with van der Waals surface area (Å²) in [7, 11) is 0. The van der Waals surface area contributed by atoms with Gasteiger partial charge in [0.25, 0.3) is 0 Å². The van der Waals surface area contributed by atoms with Crippen molar-refractivity contribution in [2.45, 2.75) is 19.5 Å². The van der Waals surface area contributed by atoms with Crippen LogP contribution in [-0.2, 0) is 24.3 Å². The summed E-state index contributed by atoms with van der Waals surface area (Å²) in [6, 6.07) is 7.41. The Bertz CT molecular complexity index is 589. The smallest absolute Gasteiger partial charge is 0.227 e. The lowest BCUT2D eigenvalue weighted by Gasteiger charge is -2.27. The van der Waals surface area contributed by atoms with Crippen LogP contribution in [0.25, 0.3) is 0 Å². The molecule has 0 aliphatic carbocycles. The normalized spacial score (nSPS) is 14.2. The molecular weight excluding hydrogens is 242 g/mol. The summed E-state index contributed by atoms with van der Waals surface area (Å²) in [6.07, 6.45) is 2.10. The maximum Gasteiger partial charge on any atom is 0.227 e. The first-order chi connectivity index (χ1) is 9.22. The maximum atomic E-state index is 12.2. The highest BCUT2D eigenvalue weighted by Crippen LogP contribution is 2.12. The molecule has 3 rings (SSSR count). The molecule has 0 saturated heterocycles. The molecule has 2 aromatic rings. The van der Waals surface area contributed by atoms with Crippen LogP contribution in [-0.4, -0.2) is 32.1 Å². The van der Waals surface area contributed by atoms with E-state index >= 15 is 0 Å². The summed E-state index contributed by atoms with van der Waals surface area (Å²) in [5.41, 5.74) is 7.32. The molecule has 1 aromatic carbocycles. The highest BCUT2D eigenvalue weighted by molar-refractivity contribution is 5.78. The molecule has 0 bridgehead atoms. The van der Waals surface area contributed by atoms with Crippen molar-refractivity contribution in [1.29, 1.82) is 0 Å². The van der Waals surface area contributed by atoms with E-state index in [9.17, 15) is 4.79 Å². The second kappa shape index (κ2) is 4.72. The first-order valence-electron chi connectivity index (χ1n) is 6.21. The Balaban J connectivity index is 1.67. The fraction of sp³-hybridized carbons (Fsp3) is 0.308. The Morgan fingerprint density at radius 2 is 2.05 bits per heavy atom. The zero-order valence-corrected chi connectivity index (χ0v) is 10.5. The van der Waals surface area contributed by atoms with Crippen LogP contribution >= 0.6 is 0 Å². The molecule has 1 amide bonds. The molecule has 0 spiro atoms. The fourth-order valence-corrected chi connectivity index (χ4v) is 2.20. The summed E-state index contributed by atoms with van der Waals surface area (Å²) in [5, 5.41) is 7.86. The first kappa shape index (κ1) is 11.7. The van der Waals surface area contributed by atoms with E-state index in [4.69, 9.17) is 5.73 Å². The van der Waals surface area contributed by atoms with Gasteiger partial charge in [0.05, 0.1) is 13.0 Å². The molecule has 2 heterocycles. The van der Waals surface area contributed by atoms with Crippen LogP contribution in [0.4, 0.5) is 5.69 Å². The van der Waals surface area contributed by atoms with E-state index in [-0.39, 0.29) is 5.91 Å². The number of hydrogen-bond acceptors (Lipinski definition) is 4. The number of nitrogen functional groups attached to an aromatic ring is 1. The van der Waals surface area contributed by atoms with Gasteiger partial charge in [0.2, 0.25) is 5.91 Å². The van der Waals surface area contributed by atoms with Gasteiger partial charge in [-0.3, -0.25) is 4.79 Å². The SMILES string of the molecule is Nc1ccc(CC(=O)N2CCn3cnnc3C2)cc1. The predicted molar refractivity (Wildman–Crippen MR) is 70.0 cm³/mol. The summed E-state index contributed by atoms with van der Waals surface area (Å²) < 4.78 is 1.98. The number of fused-ring (bicyclic) bond motifs is 1. The van der Waals surface area contributed by atoms with Crippen LogP contribution in [0, 0.1) is 0 Å². The third kappa shape index (κ3) is 2.42. The lowest BCUT2D eigenvalue weighted by atomic mass is 10.1. The number of rotatable bonds is 2. The molecule has 0 fully saturated rings. The summed E-state index contributed by atoms with van der Waals surface area (Å²) in [5.74, 6) is 0.955. The Kier molecular flexibility index (Phi) is 2.91. The Labute approximate surface area is 110 Å². The predicted octanol–water partition coefficient (Wildman–Crippen LogP) is 0.445. The van der Waals surface area contributed by atoms with Gasteiger partial charge in [-0.1, -0.05) is 12.1 Å². The van der Waals surface area contributed by atoms with Gasteiger partial charge in [-0.25, -0.2) is 0 Å². The van der Waals surface area contributed by atoms with Gasteiger partial charge >= 0.3 is 0 Å². The Hall–Kier alpha value is -2.37. The maximum absolute atomic E-state index is 12.2. The zero-order chi connectivity index (χ0) is 13.2. The molecule has 6 nitrogen and oxygen atoms in total. The average molecular weight is 257 g/mol. The number of nitrogens with two attached hydrogens (primary N) is 1. The van der Waals surface area contributed by atoms with Crippen LogP contribution in [0.1, 0.15) is 11.4 Å². The molecule has 0 unspecified atom stereocenters. The second-order valence-electron chi connectivity index (χ2n) is 4.67. The second-order valence-corrected chi connectivity index (χ2v) is 4.67. The molecule has 1 aromatic heterocycles. The molecule has 2 N–H and O–H groups in total. The number of carbonyl (C=O) groups is 1. The van der Waals surface area contributed by atoms with Crippen molar-refractivity contribution in [2.24, 2.45) is 0 Å². The number of aromatic nitrogens is 3. The van der Waals surface area contributed by atoms with Gasteiger partial charge in [-0.2, -0.15) is 0 Å². The minimum atomic E-state index is 0.110. The van der Waals surface area contributed by atoms with Crippen LogP contribution < -0.4 is 5.73 Å². The molecule has 0 radical (unpaired) electrons. The van der Waals surface area contributed by atoms with Gasteiger partial charge in [0.15, 0.2) is 5.82 Å². The molecular formula is C13H15N5O. The Morgan fingerprint density at radius 1 is 1.26 bits per heavy atom. The van der Waals surface area contributed by atoms with E-state index in [1.165, 1.54) is 0 Å². The third-order valence-electron chi connectivity index (χ3n) is 3.33. The highest BCUT2D eigenvalue weighted by Gasteiger charge is 2.21. The number of benzene rings is 1. The zero-order valence-electron chi connectivity index (χ0n) is 10.5. The lowest BCUT2D eigenvalue weighted by molar-refractivity contribution is -0.132. The molecule has 0 saturated carbocycles. The summed E-state index contributed by atoms with van der Waals surface area (Å²) >= 11 is 0. The van der Waals surface area contributed by atoms with Crippen molar-refractivity contribution in [2.75, 3.05) is 12.3 Å². The molecule has 98 valence electrons. The monoisotopic (exact) mass is 257 g/mol. The van der Waals surface area contributed by atoms with Crippen molar-refractivity contribution in [3.8, 4) is 0 Å². The minimum absolute atomic E-state index is 0.110. The number of hydrogen-bond donors (Lipinski definition) is 1. The lowest BCUT2D eigenvalue weighted by Crippen LogP contribution is -2.39. The van der Waals surface area contributed by atoms with Crippen molar-refractivity contribution in [3.05, 3.63) is 42.0 Å².